The summed E-state index contributed by atoms with van der Waals surface area (Å²) in [5.41, 5.74) is 5.93. The van der Waals surface area contributed by atoms with Crippen LogP contribution in [0.5, 0.6) is 5.75 Å². The van der Waals surface area contributed by atoms with Gasteiger partial charge in [0.05, 0.1) is 18.1 Å². The fraction of sp³-hybridized carbons (Fsp3) is 0.194. The van der Waals surface area contributed by atoms with Crippen molar-refractivity contribution in [1.29, 1.82) is 0 Å². The van der Waals surface area contributed by atoms with E-state index in [1.54, 1.807) is 13.4 Å². The number of nitrogens with zero attached hydrogens (tertiary/aromatic N) is 5. The van der Waals surface area contributed by atoms with Crippen molar-refractivity contribution >= 4 is 22.8 Å². The molecular weight excluding hydrogens is 474 g/mol. The number of rotatable bonds is 5. The molecule has 3 heterocycles. The molecule has 0 spiro atoms. The van der Waals surface area contributed by atoms with Gasteiger partial charge in [0, 0.05) is 43.6 Å². The number of aryl methyl sites for hydroxylation is 1. The zero-order chi connectivity index (χ0) is 26.1. The molecule has 0 N–H and O–H groups in total. The van der Waals surface area contributed by atoms with E-state index >= 15 is 0 Å². The number of anilines is 1. The molecule has 6 rings (SSSR count). The van der Waals surface area contributed by atoms with Crippen LogP contribution in [0.25, 0.3) is 27.8 Å². The van der Waals surface area contributed by atoms with Gasteiger partial charge in [-0.05, 0) is 36.8 Å². The van der Waals surface area contributed by atoms with Gasteiger partial charge >= 0.3 is 0 Å². The molecule has 1 aliphatic rings. The number of hydrogen-bond acceptors (Lipinski definition) is 5. The van der Waals surface area contributed by atoms with E-state index < -0.39 is 0 Å². The van der Waals surface area contributed by atoms with Gasteiger partial charge in [-0.1, -0.05) is 60.2 Å². The first-order valence-electron chi connectivity index (χ1n) is 12.8. The molecule has 1 amide bonds. The van der Waals surface area contributed by atoms with Crippen molar-refractivity contribution in [2.75, 3.05) is 38.2 Å². The minimum Gasteiger partial charge on any atom is -0.496 e. The molecule has 3 aromatic carbocycles. The Morgan fingerprint density at radius 1 is 0.842 bits per heavy atom. The highest BCUT2D eigenvalue weighted by atomic mass is 16.5. The van der Waals surface area contributed by atoms with E-state index in [0.717, 1.165) is 33.7 Å². The maximum atomic E-state index is 13.3. The van der Waals surface area contributed by atoms with Gasteiger partial charge in [-0.3, -0.25) is 4.79 Å². The molecule has 7 heteroatoms. The van der Waals surface area contributed by atoms with Crippen LogP contribution in [-0.2, 0) is 0 Å². The van der Waals surface area contributed by atoms with Crippen LogP contribution in [0.4, 0.5) is 5.82 Å². The molecule has 190 valence electrons. The van der Waals surface area contributed by atoms with Crippen LogP contribution in [-0.4, -0.2) is 58.6 Å². The number of ether oxygens (including phenoxy) is 1. The van der Waals surface area contributed by atoms with Crippen LogP contribution >= 0.6 is 0 Å². The molecule has 0 saturated carbocycles. The van der Waals surface area contributed by atoms with E-state index in [1.165, 1.54) is 5.56 Å². The Kier molecular flexibility index (Phi) is 6.25. The first kappa shape index (κ1) is 23.7. The van der Waals surface area contributed by atoms with Crippen molar-refractivity contribution in [3.63, 3.8) is 0 Å². The third-order valence-electron chi connectivity index (χ3n) is 7.16. The van der Waals surface area contributed by atoms with Gasteiger partial charge in [0.25, 0.3) is 5.91 Å². The summed E-state index contributed by atoms with van der Waals surface area (Å²) in [6.07, 6.45) is 3.80. The monoisotopic (exact) mass is 503 g/mol. The van der Waals surface area contributed by atoms with E-state index in [4.69, 9.17) is 14.7 Å². The maximum absolute atomic E-state index is 13.3. The van der Waals surface area contributed by atoms with Crippen LogP contribution < -0.4 is 9.64 Å². The molecule has 1 fully saturated rings. The van der Waals surface area contributed by atoms with E-state index in [9.17, 15) is 4.79 Å². The van der Waals surface area contributed by atoms with Crippen molar-refractivity contribution in [2.45, 2.75) is 6.92 Å². The van der Waals surface area contributed by atoms with Crippen molar-refractivity contribution in [3.05, 3.63) is 103 Å². The summed E-state index contributed by atoms with van der Waals surface area (Å²) >= 11 is 0. The maximum Gasteiger partial charge on any atom is 0.257 e. The fourth-order valence-corrected chi connectivity index (χ4v) is 5.14. The molecule has 5 aromatic rings. The Hall–Kier alpha value is -4.65. The van der Waals surface area contributed by atoms with E-state index in [2.05, 4.69) is 71.1 Å². The molecule has 0 atom stereocenters. The number of carbonyl (C=O) groups is 1. The average molecular weight is 504 g/mol. The Labute approximate surface area is 221 Å². The summed E-state index contributed by atoms with van der Waals surface area (Å²) in [5, 5.41) is 1.02. The van der Waals surface area contributed by atoms with Gasteiger partial charge < -0.3 is 19.1 Å². The van der Waals surface area contributed by atoms with Gasteiger partial charge in [-0.25, -0.2) is 9.97 Å². The summed E-state index contributed by atoms with van der Waals surface area (Å²) in [4.78, 5) is 26.9. The lowest BCUT2D eigenvalue weighted by Gasteiger charge is -2.36. The normalized spacial score (nSPS) is 13.6. The van der Waals surface area contributed by atoms with Crippen molar-refractivity contribution in [1.82, 2.24) is 19.4 Å². The number of amides is 1. The second kappa shape index (κ2) is 10.0. The number of methoxy groups -OCH3 is 1. The predicted octanol–water partition coefficient (Wildman–Crippen LogP) is 5.37. The average Bonchev–Trinajstić information content (AvgIpc) is 3.38. The highest BCUT2D eigenvalue weighted by molar-refractivity contribution is 6.02. The molecule has 0 radical (unpaired) electrons. The number of carbonyl (C=O) groups excluding carboxylic acids is 1. The molecule has 0 unspecified atom stereocenters. The highest BCUT2D eigenvalue weighted by Crippen LogP contribution is 2.37. The minimum absolute atomic E-state index is 0.00886. The quantitative estimate of drug-likeness (QED) is 0.323. The third-order valence-corrected chi connectivity index (χ3v) is 7.16. The fourth-order valence-electron chi connectivity index (χ4n) is 5.14. The lowest BCUT2D eigenvalue weighted by Crippen LogP contribution is -2.49. The Bertz CT molecular complexity index is 1590. The zero-order valence-electron chi connectivity index (χ0n) is 21.5. The third kappa shape index (κ3) is 4.26. The lowest BCUT2D eigenvalue weighted by molar-refractivity contribution is 0.0743. The first-order chi connectivity index (χ1) is 18.6. The second-order valence-electron chi connectivity index (χ2n) is 9.49. The Morgan fingerprint density at radius 2 is 1.55 bits per heavy atom. The minimum atomic E-state index is -0.00886. The molecule has 0 bridgehead atoms. The van der Waals surface area contributed by atoms with E-state index in [1.807, 2.05) is 35.2 Å². The largest absolute Gasteiger partial charge is 0.496 e. The zero-order valence-corrected chi connectivity index (χ0v) is 21.5. The van der Waals surface area contributed by atoms with Gasteiger partial charge in [0.15, 0.2) is 5.65 Å². The summed E-state index contributed by atoms with van der Waals surface area (Å²) in [7, 11) is 1.59. The van der Waals surface area contributed by atoms with Crippen LogP contribution in [0.2, 0.25) is 0 Å². The molecular formula is C31H29N5O2. The van der Waals surface area contributed by atoms with Crippen molar-refractivity contribution in [3.8, 4) is 22.6 Å². The number of hydrogen-bond donors (Lipinski definition) is 0. The van der Waals surface area contributed by atoms with Gasteiger partial charge in [0.2, 0.25) is 0 Å². The number of piperazine rings is 1. The van der Waals surface area contributed by atoms with Crippen LogP contribution in [0.1, 0.15) is 15.9 Å². The Morgan fingerprint density at radius 3 is 2.29 bits per heavy atom. The number of benzene rings is 3. The predicted molar refractivity (Wildman–Crippen MR) is 150 cm³/mol. The summed E-state index contributed by atoms with van der Waals surface area (Å²) in [6.45, 7) is 4.64. The van der Waals surface area contributed by atoms with Gasteiger partial charge in [-0.15, -0.1) is 0 Å². The van der Waals surface area contributed by atoms with Crippen LogP contribution in [0.3, 0.4) is 0 Å². The lowest BCUT2D eigenvalue weighted by atomic mass is 10.1. The Balaban J connectivity index is 1.36. The highest BCUT2D eigenvalue weighted by Gasteiger charge is 2.27. The smallest absolute Gasteiger partial charge is 0.257 e. The molecule has 2 aromatic heterocycles. The van der Waals surface area contributed by atoms with Crippen molar-refractivity contribution < 1.29 is 9.53 Å². The molecule has 0 aliphatic carbocycles. The molecule has 1 saturated heterocycles. The second-order valence-corrected chi connectivity index (χ2v) is 9.49. The van der Waals surface area contributed by atoms with Crippen molar-refractivity contribution in [2.24, 2.45) is 0 Å². The first-order valence-corrected chi connectivity index (χ1v) is 12.8. The summed E-state index contributed by atoms with van der Waals surface area (Å²) < 4.78 is 7.56. The summed E-state index contributed by atoms with van der Waals surface area (Å²) in [6, 6.07) is 26.2. The number of aromatic nitrogens is 3. The number of fused-ring (bicyclic) bond motifs is 1. The van der Waals surface area contributed by atoms with E-state index in [-0.39, 0.29) is 5.91 Å². The van der Waals surface area contributed by atoms with Gasteiger partial charge in [-0.2, -0.15) is 0 Å². The topological polar surface area (TPSA) is 63.5 Å². The van der Waals surface area contributed by atoms with E-state index in [0.29, 0.717) is 37.5 Å². The summed E-state index contributed by atoms with van der Waals surface area (Å²) in [5.74, 6) is 1.48. The molecule has 7 nitrogen and oxygen atoms in total. The van der Waals surface area contributed by atoms with Crippen LogP contribution in [0, 0.1) is 6.92 Å². The standard InChI is InChI=1S/C31H29N5O2/c1-22-12-14-24(15-13-22)36-20-26(23-8-4-3-5-9-23)28-29(32-21-33-30(28)36)34-16-18-35(19-17-34)31(37)25-10-6-7-11-27(25)38-2/h3-15,20-21H,16-19H2,1-2H3. The molecule has 1 aliphatic heterocycles. The van der Waals surface area contributed by atoms with Crippen LogP contribution in [0.15, 0.2) is 91.4 Å². The number of para-hydroxylation sites is 1. The van der Waals surface area contributed by atoms with Gasteiger partial charge in [0.1, 0.15) is 17.9 Å². The SMILES string of the molecule is COc1ccccc1C(=O)N1CCN(c2ncnc3c2c(-c2ccccc2)cn3-c2ccc(C)cc2)CC1. The molecule has 38 heavy (non-hydrogen) atoms.